The van der Waals surface area contributed by atoms with Crippen molar-refractivity contribution in [3.63, 3.8) is 0 Å². The van der Waals surface area contributed by atoms with Crippen LogP contribution in [0, 0.1) is 28.6 Å². The van der Waals surface area contributed by atoms with Gasteiger partial charge < -0.3 is 70.1 Å². The molecule has 0 radical (unpaired) electrons. The van der Waals surface area contributed by atoms with Gasteiger partial charge in [0.25, 0.3) is 0 Å². The number of fused-ring (bicyclic) bond motifs is 5. The van der Waals surface area contributed by atoms with Crippen molar-refractivity contribution in [2.24, 2.45) is 28.6 Å². The minimum absolute atomic E-state index is 0.0195. The van der Waals surface area contributed by atoms with Crippen LogP contribution in [0.3, 0.4) is 0 Å². The lowest BCUT2D eigenvalue weighted by atomic mass is 9.42. The van der Waals surface area contributed by atoms with Crippen molar-refractivity contribution in [2.75, 3.05) is 72.3 Å². The van der Waals surface area contributed by atoms with E-state index in [9.17, 15) is 29.1 Å². The Morgan fingerprint density at radius 3 is 1.80 bits per heavy atom. The van der Waals surface area contributed by atoms with E-state index in [1.807, 2.05) is 0 Å². The summed E-state index contributed by atoms with van der Waals surface area (Å²) >= 11 is 2.43. The van der Waals surface area contributed by atoms with E-state index in [0.717, 1.165) is 6.92 Å². The maximum Gasteiger partial charge on any atom is 0.500 e. The van der Waals surface area contributed by atoms with E-state index >= 15 is 14.4 Å². The zero-order valence-electron chi connectivity index (χ0n) is 51.6. The molecule has 1 amide bonds. The van der Waals surface area contributed by atoms with Crippen LogP contribution < -0.4 is 5.32 Å². The fourth-order valence-electron chi connectivity index (χ4n) is 12.7. The number of benzene rings is 2. The second-order valence-corrected chi connectivity index (χ2v) is 32.1. The second-order valence-electron chi connectivity index (χ2n) is 23.7. The molecule has 12 atom stereocenters. The monoisotopic (exact) mass is 1280 g/mol. The summed E-state index contributed by atoms with van der Waals surface area (Å²) in [4.78, 5) is 117. The van der Waals surface area contributed by atoms with Gasteiger partial charge in [-0.05, 0) is 69.7 Å². The minimum Gasteiger partial charge on any atom is -0.461 e. The largest absolute Gasteiger partial charge is 0.500 e. The zero-order chi connectivity index (χ0) is 63.6. The van der Waals surface area contributed by atoms with E-state index in [2.05, 4.69) is 5.32 Å². The molecule has 4 aliphatic rings. The lowest BCUT2D eigenvalue weighted by molar-refractivity contribution is -0.350. The lowest BCUT2D eigenvalue weighted by Crippen LogP contribution is -2.83. The van der Waals surface area contributed by atoms with E-state index in [4.69, 9.17) is 59.7 Å². The Hall–Kier alpha value is -4.79. The van der Waals surface area contributed by atoms with Gasteiger partial charge in [-0.3, -0.25) is 24.0 Å². The lowest BCUT2D eigenvalue weighted by Gasteiger charge is -2.68. The number of Topliss-reactive ketones (excluding diaryl/α,β-unsaturated/α-hetero) is 2. The topological polar surface area (TPSA) is 289 Å². The Morgan fingerprint density at radius 2 is 1.30 bits per heavy atom. The summed E-state index contributed by atoms with van der Waals surface area (Å²) in [6, 6.07) is 15.4. The molecular weight excluding hydrogens is 1190 g/mol. The van der Waals surface area contributed by atoms with Gasteiger partial charge in [-0.25, -0.2) is 14.4 Å². The Labute approximate surface area is 513 Å². The summed E-state index contributed by atoms with van der Waals surface area (Å²) in [5.41, 5.74) is -9.11. The second kappa shape index (κ2) is 29.2. The molecule has 4 fully saturated rings. The van der Waals surface area contributed by atoms with Crippen LogP contribution >= 0.6 is 23.5 Å². The van der Waals surface area contributed by atoms with Crippen LogP contribution in [0.15, 0.2) is 60.7 Å². The molecule has 2 aromatic carbocycles. The van der Waals surface area contributed by atoms with Gasteiger partial charge in [0.2, 0.25) is 17.7 Å². The van der Waals surface area contributed by atoms with Crippen molar-refractivity contribution in [3.05, 3.63) is 71.8 Å². The average molecular weight is 1280 g/mol. The van der Waals surface area contributed by atoms with Crippen molar-refractivity contribution < 1.29 is 103 Å². The SMILES string of the molecule is CO[Si](CCCSCC(=O)O[C@H]1C[C@H]2OC[C@@]2(OC(C)=O)[C@H]2[C@H](OC(=O)c3ccccc3)[C@]3(O)C[C@H](OC(=O)[C@H](OC(=O)CSCCC[Si](OC)(OC)OC)[C@@H](NC(=O)OC(C)(C)C)c4ccccc4)C(C)C(C(=O)C(=O)[C@]12C)C3(C)C)(OC)OC. The van der Waals surface area contributed by atoms with Gasteiger partial charge >= 0.3 is 53.5 Å². The molecule has 1 heterocycles. The van der Waals surface area contributed by atoms with Gasteiger partial charge in [0, 0.05) is 91.8 Å². The molecular formula is C59H85NO22S2Si2. The number of aliphatic hydroxyl groups is 1. The molecule has 1 saturated heterocycles. The van der Waals surface area contributed by atoms with Gasteiger partial charge in [-0.2, -0.15) is 23.5 Å². The van der Waals surface area contributed by atoms with E-state index in [1.54, 1.807) is 76.2 Å². The van der Waals surface area contributed by atoms with Crippen molar-refractivity contribution in [1.82, 2.24) is 5.32 Å². The number of esters is 5. The van der Waals surface area contributed by atoms with Crippen LogP contribution in [0.5, 0.6) is 0 Å². The number of hydrogen-bond donors (Lipinski definition) is 2. The quantitative estimate of drug-likeness (QED) is 0.0302. The number of amides is 1. The van der Waals surface area contributed by atoms with Gasteiger partial charge in [-0.15, -0.1) is 0 Å². The van der Waals surface area contributed by atoms with Crippen molar-refractivity contribution in [1.29, 1.82) is 0 Å². The number of hydrogen-bond acceptors (Lipinski definition) is 24. The number of alkyl carbamates (subject to hydrolysis) is 1. The molecule has 6 rings (SSSR count). The first-order valence-electron chi connectivity index (χ1n) is 28.5. The van der Waals surface area contributed by atoms with E-state index in [1.165, 1.54) is 99.1 Å². The molecule has 2 unspecified atom stereocenters. The summed E-state index contributed by atoms with van der Waals surface area (Å²) in [6.45, 7) is 11.7. The van der Waals surface area contributed by atoms with Crippen molar-refractivity contribution in [2.45, 2.75) is 147 Å². The number of rotatable bonds is 28. The molecule has 2 bridgehead atoms. The molecule has 86 heavy (non-hydrogen) atoms. The van der Waals surface area contributed by atoms with Crippen LogP contribution in [0.2, 0.25) is 12.1 Å². The highest BCUT2D eigenvalue weighted by Gasteiger charge is 2.80. The number of thioether (sulfide) groups is 2. The minimum atomic E-state index is -2.94. The molecule has 23 nitrogen and oxygen atoms in total. The summed E-state index contributed by atoms with van der Waals surface area (Å²) in [6.07, 6.45) is -8.89. The van der Waals surface area contributed by atoms with Crippen LogP contribution in [-0.4, -0.2) is 190 Å². The highest BCUT2D eigenvalue weighted by atomic mass is 32.2. The number of ether oxygens (including phenoxy) is 7. The number of nitrogens with one attached hydrogen (secondary N) is 1. The Balaban J connectivity index is 1.44. The summed E-state index contributed by atoms with van der Waals surface area (Å²) in [7, 11) is 3.11. The van der Waals surface area contributed by atoms with Crippen molar-refractivity contribution in [3.8, 4) is 0 Å². The van der Waals surface area contributed by atoms with Crippen molar-refractivity contribution >= 4 is 88.6 Å². The zero-order valence-corrected chi connectivity index (χ0v) is 55.2. The van der Waals surface area contributed by atoms with E-state index < -0.39 is 160 Å². The molecule has 1 aliphatic heterocycles. The molecule has 3 saturated carbocycles. The third-order valence-electron chi connectivity index (χ3n) is 17.2. The van der Waals surface area contributed by atoms with E-state index in [-0.39, 0.29) is 23.5 Å². The number of ketones is 2. The van der Waals surface area contributed by atoms with Gasteiger partial charge in [0.05, 0.1) is 35.0 Å². The predicted molar refractivity (Wildman–Crippen MR) is 317 cm³/mol. The molecule has 0 spiro atoms. The molecule has 27 heteroatoms. The highest BCUT2D eigenvalue weighted by molar-refractivity contribution is 8.00. The fourth-order valence-corrected chi connectivity index (χ4v) is 18.1. The van der Waals surface area contributed by atoms with Crippen LogP contribution in [0.1, 0.15) is 103 Å². The van der Waals surface area contributed by atoms with Gasteiger partial charge in [0.15, 0.2) is 5.60 Å². The third kappa shape index (κ3) is 15.1. The summed E-state index contributed by atoms with van der Waals surface area (Å²) in [5.74, 6) is -10.8. The fraction of sp³-hybridized carbons (Fsp3) is 0.661. The number of carbonyl (C=O) groups excluding carboxylic acids is 8. The van der Waals surface area contributed by atoms with Crippen LogP contribution in [-0.2, 0) is 88.5 Å². The summed E-state index contributed by atoms with van der Waals surface area (Å²) < 4.78 is 76.6. The normalized spacial score (nSPS) is 27.7. The average Bonchev–Trinajstić information content (AvgIpc) is 0.687. The predicted octanol–water partition coefficient (Wildman–Crippen LogP) is 6.51. The van der Waals surface area contributed by atoms with Crippen LogP contribution in [0.25, 0.3) is 0 Å². The van der Waals surface area contributed by atoms with Crippen LogP contribution in [0.4, 0.5) is 4.79 Å². The molecule has 2 aromatic rings. The Kier molecular flexibility index (Phi) is 23.9. The molecule has 3 aliphatic carbocycles. The van der Waals surface area contributed by atoms with Gasteiger partial charge in [0.1, 0.15) is 41.7 Å². The molecule has 0 aromatic heterocycles. The molecule has 478 valence electrons. The third-order valence-corrected chi connectivity index (χ3v) is 24.9. The molecule has 2 N–H and O–H groups in total. The smallest absolute Gasteiger partial charge is 0.461 e. The number of carbonyl (C=O) groups is 8. The first-order chi connectivity index (χ1) is 40.5. The van der Waals surface area contributed by atoms with Gasteiger partial charge in [-0.1, -0.05) is 69.3 Å². The first-order valence-corrected chi connectivity index (χ1v) is 34.7. The maximum absolute atomic E-state index is 16.0. The highest BCUT2D eigenvalue weighted by Crippen LogP contribution is 2.65. The van der Waals surface area contributed by atoms with E-state index in [0.29, 0.717) is 42.0 Å². The first kappa shape index (κ1) is 70.3. The Morgan fingerprint density at radius 1 is 0.767 bits per heavy atom. The summed E-state index contributed by atoms with van der Waals surface area (Å²) in [5, 5.41) is 16.9. The Bertz CT molecular complexity index is 2700. The maximum atomic E-state index is 16.0. The standard InChI is InChI=1S/C59H85NO22S2Si2/c1-36-40(77-53(67)48(79-44(63)34-84-28-22-30-86(73-12,74-13)75-14)46(38-23-17-15-18-24-38)60-54(68)82-55(3,4)5)32-59(69)51(80-52(66)39-25-19-16-20-26-39)49-57(8,50(65)47(64)45(36)56(59,6)7)41(31-42-58(49,35-76-42)81-37(2)61)78-43(62)33-83-27-21-29-85(70-9,71-10)72-11/h15-20,23-26,36,40-42,45-46,48-49,51,69H,21-22,27-35H2,1-14H3,(H,60,68)/t36?,40-,41-,42+,45?,46-,48+,49-,51-,57+,58-,59+/m0/s1.